The zero-order valence-corrected chi connectivity index (χ0v) is 8.03. The summed E-state index contributed by atoms with van der Waals surface area (Å²) < 4.78 is 2.08. The minimum Gasteiger partial charge on any atom is -0.334 e. The molecule has 0 amide bonds. The quantitative estimate of drug-likeness (QED) is 0.675. The van der Waals surface area contributed by atoms with E-state index in [1.54, 1.807) is 0 Å². The Morgan fingerprint density at radius 1 is 1.64 bits per heavy atom. The summed E-state index contributed by atoms with van der Waals surface area (Å²) in [5.74, 6) is 1.77. The number of imidazole rings is 1. The summed E-state index contributed by atoms with van der Waals surface area (Å²) in [6, 6.07) is 0. The summed E-state index contributed by atoms with van der Waals surface area (Å²) >= 11 is 5.57. The molecule has 0 aliphatic heterocycles. The predicted molar refractivity (Wildman–Crippen MR) is 49.6 cm³/mol. The van der Waals surface area contributed by atoms with Gasteiger partial charge in [-0.25, -0.2) is 4.98 Å². The first-order chi connectivity index (χ1) is 4.88. The van der Waals surface area contributed by atoms with E-state index < -0.39 is 0 Å². The van der Waals surface area contributed by atoms with Crippen molar-refractivity contribution in [3.05, 3.63) is 18.2 Å². The molecule has 0 aliphatic carbocycles. The molecule has 0 aromatic carbocycles. The van der Waals surface area contributed by atoms with Gasteiger partial charge in [-0.05, 0) is 0 Å². The Hall–Kier alpha value is -0.210. The molecule has 1 aromatic rings. The van der Waals surface area contributed by atoms with Crippen LogP contribution in [0.4, 0.5) is 0 Å². The molecule has 4 heteroatoms. The first-order valence-corrected chi connectivity index (χ1v) is 3.98. The van der Waals surface area contributed by atoms with E-state index in [-0.39, 0.29) is 12.4 Å². The van der Waals surface area contributed by atoms with Crippen molar-refractivity contribution >= 4 is 24.0 Å². The maximum absolute atomic E-state index is 5.57. The summed E-state index contributed by atoms with van der Waals surface area (Å²) in [6.07, 6.45) is 4.75. The topological polar surface area (TPSA) is 17.8 Å². The molecule has 0 saturated carbocycles. The van der Waals surface area contributed by atoms with Gasteiger partial charge >= 0.3 is 0 Å². The summed E-state index contributed by atoms with van der Waals surface area (Å²) in [7, 11) is 0. The van der Waals surface area contributed by atoms with Crippen LogP contribution in [0.1, 0.15) is 12.7 Å². The maximum atomic E-state index is 5.57. The van der Waals surface area contributed by atoms with Crippen LogP contribution < -0.4 is 0 Å². The van der Waals surface area contributed by atoms with Crippen LogP contribution in [0, 0.1) is 0 Å². The third-order valence-electron chi connectivity index (χ3n) is 1.44. The fourth-order valence-corrected chi connectivity index (χ4v) is 1.13. The number of hydrogen-bond donors (Lipinski definition) is 0. The van der Waals surface area contributed by atoms with Gasteiger partial charge in [0.05, 0.1) is 0 Å². The second kappa shape index (κ2) is 5.44. The molecule has 0 saturated heterocycles. The average molecular weight is 195 g/mol. The first kappa shape index (κ1) is 10.8. The molecule has 0 fully saturated rings. The van der Waals surface area contributed by atoms with E-state index in [2.05, 4.69) is 16.5 Å². The minimum absolute atomic E-state index is 0. The van der Waals surface area contributed by atoms with E-state index >= 15 is 0 Å². The van der Waals surface area contributed by atoms with Crippen LogP contribution in [0.25, 0.3) is 0 Å². The Morgan fingerprint density at radius 2 is 2.36 bits per heavy atom. The SMILES string of the molecule is CCc1nccn1CCCl.Cl. The largest absolute Gasteiger partial charge is 0.334 e. The number of aromatic nitrogens is 2. The van der Waals surface area contributed by atoms with E-state index in [0.717, 1.165) is 18.8 Å². The van der Waals surface area contributed by atoms with E-state index in [1.807, 2.05) is 12.4 Å². The van der Waals surface area contributed by atoms with Crippen molar-refractivity contribution < 1.29 is 0 Å². The molecule has 1 rings (SSSR count). The smallest absolute Gasteiger partial charge is 0.108 e. The van der Waals surface area contributed by atoms with Gasteiger partial charge in [0.2, 0.25) is 0 Å². The number of alkyl halides is 1. The average Bonchev–Trinajstić information content (AvgIpc) is 2.36. The van der Waals surface area contributed by atoms with Crippen LogP contribution in [0.2, 0.25) is 0 Å². The molecule has 0 spiro atoms. The second-order valence-electron chi connectivity index (χ2n) is 2.08. The Morgan fingerprint density at radius 3 is 2.91 bits per heavy atom. The third kappa shape index (κ3) is 2.72. The van der Waals surface area contributed by atoms with E-state index in [4.69, 9.17) is 11.6 Å². The van der Waals surface area contributed by atoms with Crippen molar-refractivity contribution in [3.63, 3.8) is 0 Å². The van der Waals surface area contributed by atoms with Gasteiger partial charge in [0, 0.05) is 31.2 Å². The number of halogens is 2. The fourth-order valence-electron chi connectivity index (χ4n) is 0.949. The Bertz CT molecular complexity index is 198. The van der Waals surface area contributed by atoms with Gasteiger partial charge in [-0.2, -0.15) is 0 Å². The Balaban J connectivity index is 0.000001000. The molecule has 0 unspecified atom stereocenters. The van der Waals surface area contributed by atoms with Gasteiger partial charge in [0.15, 0.2) is 0 Å². The van der Waals surface area contributed by atoms with Crippen molar-refractivity contribution in [1.29, 1.82) is 0 Å². The molecule has 0 atom stereocenters. The number of rotatable bonds is 3. The molecule has 1 heterocycles. The number of nitrogens with zero attached hydrogens (tertiary/aromatic N) is 2. The summed E-state index contributed by atoms with van der Waals surface area (Å²) in [5, 5.41) is 0. The van der Waals surface area contributed by atoms with Crippen molar-refractivity contribution in [3.8, 4) is 0 Å². The van der Waals surface area contributed by atoms with E-state index in [9.17, 15) is 0 Å². The number of hydrogen-bond acceptors (Lipinski definition) is 1. The molecule has 0 bridgehead atoms. The van der Waals surface area contributed by atoms with Crippen molar-refractivity contribution in [2.24, 2.45) is 0 Å². The molecular weight excluding hydrogens is 183 g/mol. The van der Waals surface area contributed by atoms with Gasteiger partial charge in [-0.3, -0.25) is 0 Å². The van der Waals surface area contributed by atoms with Gasteiger partial charge in [-0.15, -0.1) is 24.0 Å². The summed E-state index contributed by atoms with van der Waals surface area (Å²) in [6.45, 7) is 2.96. The molecule has 64 valence electrons. The number of aryl methyl sites for hydroxylation is 2. The fraction of sp³-hybridized carbons (Fsp3) is 0.571. The van der Waals surface area contributed by atoms with E-state index in [0.29, 0.717) is 5.88 Å². The standard InChI is InChI=1S/C7H11ClN2.ClH/c1-2-7-9-4-6-10(7)5-3-8;/h4,6H,2-3,5H2,1H3;1H. The van der Waals surface area contributed by atoms with Crippen LogP contribution >= 0.6 is 24.0 Å². The summed E-state index contributed by atoms with van der Waals surface area (Å²) in [5.41, 5.74) is 0. The normalized spacial score (nSPS) is 9.27. The van der Waals surface area contributed by atoms with Crippen LogP contribution in [-0.2, 0) is 13.0 Å². The predicted octanol–water partition coefficient (Wildman–Crippen LogP) is 2.11. The van der Waals surface area contributed by atoms with Gasteiger partial charge in [-0.1, -0.05) is 6.92 Å². The molecular formula is C7H12Cl2N2. The van der Waals surface area contributed by atoms with Crippen LogP contribution in [0.3, 0.4) is 0 Å². The Labute approximate surface area is 78.0 Å². The Kier molecular flexibility index (Phi) is 5.34. The lowest BCUT2D eigenvalue weighted by Crippen LogP contribution is -2.02. The van der Waals surface area contributed by atoms with Crippen LogP contribution in [0.5, 0.6) is 0 Å². The molecule has 1 aromatic heterocycles. The summed E-state index contributed by atoms with van der Waals surface area (Å²) in [4.78, 5) is 4.16. The zero-order chi connectivity index (χ0) is 7.40. The van der Waals surface area contributed by atoms with Crippen molar-refractivity contribution in [2.75, 3.05) is 5.88 Å². The second-order valence-corrected chi connectivity index (χ2v) is 2.46. The molecule has 2 nitrogen and oxygen atoms in total. The van der Waals surface area contributed by atoms with Gasteiger partial charge in [0.25, 0.3) is 0 Å². The highest BCUT2D eigenvalue weighted by atomic mass is 35.5. The van der Waals surface area contributed by atoms with Crippen molar-refractivity contribution in [2.45, 2.75) is 19.9 Å². The molecule has 0 N–H and O–H groups in total. The lowest BCUT2D eigenvalue weighted by molar-refractivity contribution is 0.709. The highest BCUT2D eigenvalue weighted by molar-refractivity contribution is 6.17. The highest BCUT2D eigenvalue weighted by Crippen LogP contribution is 1.98. The lowest BCUT2D eigenvalue weighted by atomic mass is 10.4. The van der Waals surface area contributed by atoms with Crippen LogP contribution in [-0.4, -0.2) is 15.4 Å². The molecule has 11 heavy (non-hydrogen) atoms. The third-order valence-corrected chi connectivity index (χ3v) is 1.61. The molecule has 0 aliphatic rings. The van der Waals surface area contributed by atoms with Crippen LogP contribution in [0.15, 0.2) is 12.4 Å². The van der Waals surface area contributed by atoms with E-state index in [1.165, 1.54) is 0 Å². The van der Waals surface area contributed by atoms with Gasteiger partial charge in [0.1, 0.15) is 5.82 Å². The monoisotopic (exact) mass is 194 g/mol. The zero-order valence-electron chi connectivity index (χ0n) is 6.46. The maximum Gasteiger partial charge on any atom is 0.108 e. The van der Waals surface area contributed by atoms with Gasteiger partial charge < -0.3 is 4.57 Å². The lowest BCUT2D eigenvalue weighted by Gasteiger charge is -2.01. The highest BCUT2D eigenvalue weighted by Gasteiger charge is 1.96. The first-order valence-electron chi connectivity index (χ1n) is 3.44. The van der Waals surface area contributed by atoms with Crippen molar-refractivity contribution in [1.82, 2.24) is 9.55 Å². The molecule has 0 radical (unpaired) electrons. The minimum atomic E-state index is 0.